The molecule has 0 amide bonds. The zero-order valence-corrected chi connectivity index (χ0v) is 14.4. The van der Waals surface area contributed by atoms with Crippen molar-refractivity contribution < 1.29 is 9.90 Å². The van der Waals surface area contributed by atoms with E-state index in [1.165, 1.54) is 36.3 Å². The van der Waals surface area contributed by atoms with Crippen LogP contribution in [0, 0.1) is 13.8 Å². The van der Waals surface area contributed by atoms with Crippen LogP contribution in [0.2, 0.25) is 0 Å². The summed E-state index contributed by atoms with van der Waals surface area (Å²) in [5.41, 5.74) is 3.37. The third kappa shape index (κ3) is 4.08. The predicted octanol–water partition coefficient (Wildman–Crippen LogP) is 4.37. The topological polar surface area (TPSA) is 75.1 Å². The number of hydrogen-bond donors (Lipinski definition) is 2. The molecule has 2 aromatic rings. The highest BCUT2D eigenvalue weighted by Gasteiger charge is 2.14. The van der Waals surface area contributed by atoms with Crippen LogP contribution in [0.25, 0.3) is 0 Å². The van der Waals surface area contributed by atoms with Crippen molar-refractivity contribution in [2.45, 2.75) is 32.0 Å². The minimum absolute atomic E-state index is 0.00336. The maximum atomic E-state index is 11.5. The highest BCUT2D eigenvalue weighted by Crippen LogP contribution is 2.34. The standard InChI is InChI=1S/C15H17N3O2S2/c1-8-5-6-12(7-9(8)2)16-14-17-18-15(22-14)21-13(10(3)19)11(4)20/h5-7,19H,1-4H3,(H,16,17)/b13-10-. The molecule has 0 spiro atoms. The largest absolute Gasteiger partial charge is 0.511 e. The summed E-state index contributed by atoms with van der Waals surface area (Å²) < 4.78 is 0.602. The third-order valence-electron chi connectivity index (χ3n) is 3.00. The molecular weight excluding hydrogens is 318 g/mol. The van der Waals surface area contributed by atoms with Crippen molar-refractivity contribution in [2.75, 3.05) is 5.32 Å². The molecule has 0 radical (unpaired) electrons. The second kappa shape index (κ2) is 6.93. The first-order valence-electron chi connectivity index (χ1n) is 6.63. The Kier molecular flexibility index (Phi) is 5.20. The number of carbonyl (C=O) groups excluding carboxylic acids is 1. The van der Waals surface area contributed by atoms with E-state index in [2.05, 4.69) is 29.4 Å². The van der Waals surface area contributed by atoms with E-state index in [4.69, 9.17) is 0 Å². The Morgan fingerprint density at radius 1 is 1.23 bits per heavy atom. The number of aryl methyl sites for hydroxylation is 2. The molecule has 0 fully saturated rings. The molecule has 116 valence electrons. The lowest BCUT2D eigenvalue weighted by molar-refractivity contribution is -0.113. The molecule has 0 saturated carbocycles. The molecule has 22 heavy (non-hydrogen) atoms. The number of ketones is 1. The van der Waals surface area contributed by atoms with Crippen LogP contribution in [0.1, 0.15) is 25.0 Å². The number of rotatable bonds is 5. The van der Waals surface area contributed by atoms with E-state index >= 15 is 0 Å². The van der Waals surface area contributed by atoms with Crippen molar-refractivity contribution in [3.63, 3.8) is 0 Å². The molecule has 0 saturated heterocycles. The minimum atomic E-state index is -0.191. The molecule has 0 aliphatic heterocycles. The van der Waals surface area contributed by atoms with Gasteiger partial charge in [0, 0.05) is 5.69 Å². The van der Waals surface area contributed by atoms with Gasteiger partial charge in [-0.3, -0.25) is 4.79 Å². The Labute approximate surface area is 137 Å². The van der Waals surface area contributed by atoms with E-state index in [0.29, 0.717) is 9.47 Å². The molecule has 7 heteroatoms. The average Bonchev–Trinajstić information content (AvgIpc) is 2.87. The number of aromatic nitrogens is 2. The Balaban J connectivity index is 2.13. The van der Waals surface area contributed by atoms with Gasteiger partial charge in [-0.25, -0.2) is 0 Å². The van der Waals surface area contributed by atoms with Crippen LogP contribution in [0.15, 0.2) is 33.2 Å². The summed E-state index contributed by atoms with van der Waals surface area (Å²) in [6, 6.07) is 6.07. The lowest BCUT2D eigenvalue weighted by atomic mass is 10.1. The molecule has 0 aliphatic carbocycles. The normalized spacial score (nSPS) is 12.0. The van der Waals surface area contributed by atoms with Gasteiger partial charge in [-0.15, -0.1) is 10.2 Å². The zero-order chi connectivity index (χ0) is 16.3. The SMILES string of the molecule is CC(=O)/C(Sc1nnc(Nc2ccc(C)c(C)c2)s1)=C(\C)O. The molecule has 1 aromatic heterocycles. The van der Waals surface area contributed by atoms with Crippen molar-refractivity contribution in [1.82, 2.24) is 10.2 Å². The number of anilines is 2. The second-order valence-electron chi connectivity index (χ2n) is 4.87. The van der Waals surface area contributed by atoms with Crippen molar-refractivity contribution in [1.29, 1.82) is 0 Å². The maximum absolute atomic E-state index is 11.5. The quantitative estimate of drug-likeness (QED) is 0.480. The Morgan fingerprint density at radius 2 is 1.95 bits per heavy atom. The third-order valence-corrected chi connectivity index (χ3v) is 5.18. The highest BCUT2D eigenvalue weighted by atomic mass is 32.2. The monoisotopic (exact) mass is 335 g/mol. The van der Waals surface area contributed by atoms with E-state index in [9.17, 15) is 9.90 Å². The van der Waals surface area contributed by atoms with Gasteiger partial charge in [-0.05, 0) is 62.7 Å². The van der Waals surface area contributed by atoms with E-state index in [1.54, 1.807) is 0 Å². The molecular formula is C15H17N3O2S2. The van der Waals surface area contributed by atoms with Gasteiger partial charge in [0.25, 0.3) is 0 Å². The van der Waals surface area contributed by atoms with E-state index in [-0.39, 0.29) is 16.4 Å². The molecule has 1 aromatic carbocycles. The van der Waals surface area contributed by atoms with Crippen LogP contribution in [0.4, 0.5) is 10.8 Å². The average molecular weight is 335 g/mol. The molecule has 1 heterocycles. The molecule has 0 unspecified atom stereocenters. The number of benzene rings is 1. The lowest BCUT2D eigenvalue weighted by Crippen LogP contribution is -1.95. The number of carbonyl (C=O) groups is 1. The zero-order valence-electron chi connectivity index (χ0n) is 12.8. The smallest absolute Gasteiger partial charge is 0.210 e. The number of aliphatic hydroxyl groups excluding tert-OH is 1. The molecule has 0 aliphatic rings. The second-order valence-corrected chi connectivity index (χ2v) is 7.10. The summed E-state index contributed by atoms with van der Waals surface area (Å²) >= 11 is 2.46. The van der Waals surface area contributed by atoms with Crippen molar-refractivity contribution in [2.24, 2.45) is 0 Å². The van der Waals surface area contributed by atoms with Gasteiger partial charge in [0.2, 0.25) is 5.13 Å². The van der Waals surface area contributed by atoms with Gasteiger partial charge >= 0.3 is 0 Å². The summed E-state index contributed by atoms with van der Waals surface area (Å²) in [4.78, 5) is 11.7. The van der Waals surface area contributed by atoms with Gasteiger partial charge < -0.3 is 10.4 Å². The van der Waals surface area contributed by atoms with Crippen LogP contribution in [0.3, 0.4) is 0 Å². The lowest BCUT2D eigenvalue weighted by Gasteiger charge is -2.05. The van der Waals surface area contributed by atoms with Crippen LogP contribution in [-0.4, -0.2) is 21.1 Å². The Bertz CT molecular complexity index is 734. The summed E-state index contributed by atoms with van der Waals surface area (Å²) in [5.74, 6) is -0.194. The summed E-state index contributed by atoms with van der Waals surface area (Å²) in [6.45, 7) is 7.01. The van der Waals surface area contributed by atoms with Crippen LogP contribution in [-0.2, 0) is 4.79 Å². The summed E-state index contributed by atoms with van der Waals surface area (Å²) in [5, 5.41) is 21.4. The van der Waals surface area contributed by atoms with Gasteiger partial charge in [0.1, 0.15) is 5.76 Å². The van der Waals surface area contributed by atoms with E-state index in [0.717, 1.165) is 17.4 Å². The van der Waals surface area contributed by atoms with Crippen molar-refractivity contribution in [3.05, 3.63) is 40.0 Å². The van der Waals surface area contributed by atoms with Gasteiger partial charge in [0.05, 0.1) is 4.91 Å². The fourth-order valence-electron chi connectivity index (χ4n) is 1.73. The molecule has 0 bridgehead atoms. The molecule has 2 rings (SSSR count). The number of nitrogens with zero attached hydrogens (tertiary/aromatic N) is 2. The van der Waals surface area contributed by atoms with E-state index in [1.807, 2.05) is 18.2 Å². The van der Waals surface area contributed by atoms with Crippen LogP contribution >= 0.6 is 23.1 Å². The Morgan fingerprint density at radius 3 is 2.55 bits per heavy atom. The van der Waals surface area contributed by atoms with Crippen LogP contribution < -0.4 is 5.32 Å². The number of aliphatic hydroxyl groups is 1. The van der Waals surface area contributed by atoms with Gasteiger partial charge in [-0.1, -0.05) is 17.4 Å². The summed E-state index contributed by atoms with van der Waals surface area (Å²) in [7, 11) is 0. The molecule has 2 N–H and O–H groups in total. The number of allylic oxidation sites excluding steroid dienone is 2. The van der Waals surface area contributed by atoms with Gasteiger partial charge in [-0.2, -0.15) is 0 Å². The fraction of sp³-hybridized carbons (Fsp3) is 0.267. The first kappa shape index (κ1) is 16.5. The maximum Gasteiger partial charge on any atom is 0.210 e. The number of hydrogen-bond acceptors (Lipinski definition) is 7. The first-order valence-corrected chi connectivity index (χ1v) is 8.26. The van der Waals surface area contributed by atoms with E-state index < -0.39 is 0 Å². The first-order chi connectivity index (χ1) is 10.4. The van der Waals surface area contributed by atoms with Crippen molar-refractivity contribution in [3.8, 4) is 0 Å². The van der Waals surface area contributed by atoms with Gasteiger partial charge in [0.15, 0.2) is 10.1 Å². The fourth-order valence-corrected chi connectivity index (χ4v) is 3.43. The van der Waals surface area contributed by atoms with Crippen molar-refractivity contribution >= 4 is 39.7 Å². The predicted molar refractivity (Wildman–Crippen MR) is 91.0 cm³/mol. The molecule has 5 nitrogen and oxygen atoms in total. The van der Waals surface area contributed by atoms with Crippen LogP contribution in [0.5, 0.6) is 0 Å². The summed E-state index contributed by atoms with van der Waals surface area (Å²) in [6.07, 6.45) is 0. The number of nitrogens with one attached hydrogen (secondary N) is 1. The Hall–Kier alpha value is -1.86. The minimum Gasteiger partial charge on any atom is -0.511 e. The number of Topliss-reactive ketones (excluding diaryl/α,β-unsaturated/α-hetero) is 1. The molecule has 0 atom stereocenters. The highest BCUT2D eigenvalue weighted by molar-refractivity contribution is 8.05. The number of thioether (sulfide) groups is 1.